The standard InChI is InChI=1S/C14H24N2O4/c1-10-9-20-11(2)8-15(10)13(19)16-7-5-4-6-14(16,3)12(17)18/h10-11H,4-9H2,1-3H3,(H,17,18). The van der Waals surface area contributed by atoms with Crippen molar-refractivity contribution in [2.24, 2.45) is 0 Å². The Bertz CT molecular complexity index is 401. The zero-order valence-electron chi connectivity index (χ0n) is 12.5. The number of hydrogen-bond donors (Lipinski definition) is 1. The highest BCUT2D eigenvalue weighted by Gasteiger charge is 2.46. The molecule has 0 saturated carbocycles. The maximum absolute atomic E-state index is 12.8. The van der Waals surface area contributed by atoms with Crippen LogP contribution in [-0.4, -0.2) is 64.3 Å². The van der Waals surface area contributed by atoms with E-state index in [4.69, 9.17) is 4.74 Å². The van der Waals surface area contributed by atoms with Crippen LogP contribution in [0.2, 0.25) is 0 Å². The third-order valence-electron chi connectivity index (χ3n) is 4.44. The summed E-state index contributed by atoms with van der Waals surface area (Å²) in [7, 11) is 0. The number of carboxylic acids is 1. The van der Waals surface area contributed by atoms with Crippen LogP contribution in [-0.2, 0) is 9.53 Å². The van der Waals surface area contributed by atoms with Crippen molar-refractivity contribution < 1.29 is 19.4 Å². The maximum Gasteiger partial charge on any atom is 0.329 e. The summed E-state index contributed by atoms with van der Waals surface area (Å²) >= 11 is 0. The highest BCUT2D eigenvalue weighted by atomic mass is 16.5. The van der Waals surface area contributed by atoms with E-state index in [1.54, 1.807) is 11.8 Å². The summed E-state index contributed by atoms with van der Waals surface area (Å²) in [6.45, 7) is 7.06. The van der Waals surface area contributed by atoms with E-state index in [0.717, 1.165) is 12.8 Å². The van der Waals surface area contributed by atoms with Crippen LogP contribution in [0.15, 0.2) is 0 Å². The molecule has 0 bridgehead atoms. The van der Waals surface area contributed by atoms with E-state index < -0.39 is 11.5 Å². The monoisotopic (exact) mass is 284 g/mol. The lowest BCUT2D eigenvalue weighted by Gasteiger charge is -2.46. The van der Waals surface area contributed by atoms with E-state index in [9.17, 15) is 14.7 Å². The Morgan fingerprint density at radius 3 is 2.65 bits per heavy atom. The number of carbonyl (C=O) groups is 2. The molecule has 6 nitrogen and oxygen atoms in total. The smallest absolute Gasteiger partial charge is 0.329 e. The van der Waals surface area contributed by atoms with Gasteiger partial charge in [-0.25, -0.2) is 9.59 Å². The van der Waals surface area contributed by atoms with E-state index in [1.807, 2.05) is 13.8 Å². The van der Waals surface area contributed by atoms with E-state index in [-0.39, 0.29) is 18.2 Å². The number of ether oxygens (including phenoxy) is 1. The van der Waals surface area contributed by atoms with Gasteiger partial charge in [0.15, 0.2) is 0 Å². The van der Waals surface area contributed by atoms with Crippen molar-refractivity contribution in [3.63, 3.8) is 0 Å². The summed E-state index contributed by atoms with van der Waals surface area (Å²) < 4.78 is 5.53. The van der Waals surface area contributed by atoms with Gasteiger partial charge in [-0.1, -0.05) is 0 Å². The van der Waals surface area contributed by atoms with Crippen molar-refractivity contribution in [3.8, 4) is 0 Å². The predicted molar refractivity (Wildman–Crippen MR) is 73.6 cm³/mol. The molecule has 20 heavy (non-hydrogen) atoms. The first-order valence-corrected chi connectivity index (χ1v) is 7.29. The number of nitrogens with zero attached hydrogens (tertiary/aromatic N) is 2. The normalized spacial score (nSPS) is 35.0. The van der Waals surface area contributed by atoms with Crippen molar-refractivity contribution >= 4 is 12.0 Å². The number of hydrogen-bond acceptors (Lipinski definition) is 3. The van der Waals surface area contributed by atoms with Gasteiger partial charge in [0.25, 0.3) is 0 Å². The number of carbonyl (C=O) groups excluding carboxylic acids is 1. The van der Waals surface area contributed by atoms with E-state index >= 15 is 0 Å². The molecule has 3 unspecified atom stereocenters. The van der Waals surface area contributed by atoms with Crippen LogP contribution >= 0.6 is 0 Å². The number of aliphatic carboxylic acids is 1. The van der Waals surface area contributed by atoms with Crippen molar-refractivity contribution in [2.45, 2.75) is 57.7 Å². The molecule has 0 aliphatic carbocycles. The first kappa shape index (κ1) is 15.1. The molecule has 2 rings (SSSR count). The molecule has 2 heterocycles. The highest BCUT2D eigenvalue weighted by Crippen LogP contribution is 2.30. The first-order valence-electron chi connectivity index (χ1n) is 7.29. The Morgan fingerprint density at radius 1 is 1.30 bits per heavy atom. The van der Waals surface area contributed by atoms with Gasteiger partial charge < -0.3 is 19.6 Å². The summed E-state index contributed by atoms with van der Waals surface area (Å²) in [5.41, 5.74) is -1.09. The third kappa shape index (κ3) is 2.61. The molecular formula is C14H24N2O4. The highest BCUT2D eigenvalue weighted by molar-refractivity contribution is 5.86. The summed E-state index contributed by atoms with van der Waals surface area (Å²) in [6.07, 6.45) is 2.23. The first-order chi connectivity index (χ1) is 9.36. The van der Waals surface area contributed by atoms with E-state index in [1.165, 1.54) is 4.90 Å². The number of carboxylic acid groups (broad SMARTS) is 1. The molecular weight excluding hydrogens is 260 g/mol. The molecule has 6 heteroatoms. The van der Waals surface area contributed by atoms with Crippen LogP contribution in [0.4, 0.5) is 4.79 Å². The average Bonchev–Trinajstić information content (AvgIpc) is 2.41. The minimum atomic E-state index is -1.09. The second kappa shape index (κ2) is 5.60. The minimum Gasteiger partial charge on any atom is -0.480 e. The lowest BCUT2D eigenvalue weighted by molar-refractivity contribution is -0.151. The molecule has 0 aromatic carbocycles. The predicted octanol–water partition coefficient (Wildman–Crippen LogP) is 1.54. The number of urea groups is 1. The zero-order valence-corrected chi connectivity index (χ0v) is 12.5. The Hall–Kier alpha value is -1.30. The molecule has 2 amide bonds. The van der Waals surface area contributed by atoms with Gasteiger partial charge in [-0.3, -0.25) is 0 Å². The fourth-order valence-corrected chi connectivity index (χ4v) is 2.97. The van der Waals surface area contributed by atoms with Gasteiger partial charge in [-0.05, 0) is 40.0 Å². The largest absolute Gasteiger partial charge is 0.480 e. The number of rotatable bonds is 1. The Labute approximate surface area is 119 Å². The lowest BCUT2D eigenvalue weighted by atomic mass is 9.88. The van der Waals surface area contributed by atoms with Crippen molar-refractivity contribution in [1.82, 2.24) is 9.80 Å². The van der Waals surface area contributed by atoms with Crippen LogP contribution in [0.25, 0.3) is 0 Å². The van der Waals surface area contributed by atoms with Crippen molar-refractivity contribution in [1.29, 1.82) is 0 Å². The van der Waals surface area contributed by atoms with Crippen LogP contribution in [0, 0.1) is 0 Å². The maximum atomic E-state index is 12.8. The molecule has 0 aromatic heterocycles. The Morgan fingerprint density at radius 2 is 2.00 bits per heavy atom. The van der Waals surface area contributed by atoms with Gasteiger partial charge in [0, 0.05) is 13.1 Å². The lowest BCUT2D eigenvalue weighted by Crippen LogP contribution is -2.63. The molecule has 0 radical (unpaired) electrons. The number of likely N-dealkylation sites (tertiary alicyclic amines) is 1. The molecule has 1 N–H and O–H groups in total. The molecule has 3 atom stereocenters. The van der Waals surface area contributed by atoms with Crippen molar-refractivity contribution in [3.05, 3.63) is 0 Å². The van der Waals surface area contributed by atoms with Gasteiger partial charge in [0.1, 0.15) is 5.54 Å². The molecule has 2 saturated heterocycles. The van der Waals surface area contributed by atoms with Crippen LogP contribution in [0.1, 0.15) is 40.0 Å². The summed E-state index contributed by atoms with van der Waals surface area (Å²) in [5.74, 6) is -0.917. The zero-order chi connectivity index (χ0) is 14.9. The SMILES string of the molecule is CC1CN(C(=O)N2CCCCC2(C)C(=O)O)C(C)CO1. The molecule has 114 valence electrons. The fraction of sp³-hybridized carbons (Fsp3) is 0.857. The van der Waals surface area contributed by atoms with E-state index in [2.05, 4.69) is 0 Å². The summed E-state index contributed by atoms with van der Waals surface area (Å²) in [4.78, 5) is 27.6. The minimum absolute atomic E-state index is 0.00368. The fourth-order valence-electron chi connectivity index (χ4n) is 2.97. The molecule has 2 fully saturated rings. The van der Waals surface area contributed by atoms with Gasteiger partial charge >= 0.3 is 12.0 Å². The molecule has 0 aromatic rings. The topological polar surface area (TPSA) is 70.1 Å². The quantitative estimate of drug-likeness (QED) is 0.793. The second-order valence-electron chi connectivity index (χ2n) is 6.12. The third-order valence-corrected chi connectivity index (χ3v) is 4.44. The second-order valence-corrected chi connectivity index (χ2v) is 6.12. The number of morpholine rings is 1. The number of amides is 2. The Balaban J connectivity index is 2.19. The van der Waals surface area contributed by atoms with Crippen molar-refractivity contribution in [2.75, 3.05) is 19.7 Å². The van der Waals surface area contributed by atoms with E-state index in [0.29, 0.717) is 26.1 Å². The number of piperidine rings is 1. The molecule has 2 aliphatic heterocycles. The Kier molecular flexibility index (Phi) is 4.22. The van der Waals surface area contributed by atoms with Gasteiger partial charge in [-0.2, -0.15) is 0 Å². The van der Waals surface area contributed by atoms with Gasteiger partial charge in [0.2, 0.25) is 0 Å². The van der Waals surface area contributed by atoms with Crippen LogP contribution < -0.4 is 0 Å². The summed E-state index contributed by atoms with van der Waals surface area (Å²) in [5, 5.41) is 9.50. The molecule has 0 spiro atoms. The average molecular weight is 284 g/mol. The van der Waals surface area contributed by atoms with Crippen LogP contribution in [0.5, 0.6) is 0 Å². The van der Waals surface area contributed by atoms with Crippen LogP contribution in [0.3, 0.4) is 0 Å². The summed E-state index contributed by atoms with van der Waals surface area (Å²) in [6, 6.07) is -0.184. The van der Waals surface area contributed by atoms with Gasteiger partial charge in [-0.15, -0.1) is 0 Å². The van der Waals surface area contributed by atoms with Gasteiger partial charge in [0.05, 0.1) is 18.8 Å². The molecule has 2 aliphatic rings.